The molecule has 0 unspecified atom stereocenters. The fourth-order valence-electron chi connectivity index (χ4n) is 8.06. The summed E-state index contributed by atoms with van der Waals surface area (Å²) < 4.78 is 2.46. The first-order valence-corrected chi connectivity index (χ1v) is 17.4. The number of fused-ring (bicyclic) bond motifs is 8. The van der Waals surface area contributed by atoms with Gasteiger partial charge in [-0.2, -0.15) is 0 Å². The summed E-state index contributed by atoms with van der Waals surface area (Å²) in [7, 11) is 0. The number of anilines is 3. The van der Waals surface area contributed by atoms with Gasteiger partial charge in [0, 0.05) is 33.2 Å². The molecule has 7 aromatic carbocycles. The summed E-state index contributed by atoms with van der Waals surface area (Å²) >= 11 is 0. The Morgan fingerprint density at radius 3 is 1.65 bits per heavy atom. The van der Waals surface area contributed by atoms with Crippen molar-refractivity contribution >= 4 is 49.6 Å². The Balaban J connectivity index is 1.24. The molecule has 0 spiro atoms. The summed E-state index contributed by atoms with van der Waals surface area (Å²) in [4.78, 5) is 2.47. The Labute approximate surface area is 288 Å². The fourth-order valence-corrected chi connectivity index (χ4v) is 8.06. The van der Waals surface area contributed by atoms with E-state index in [1.54, 1.807) is 0 Å². The normalized spacial score (nSPS) is 12.2. The van der Waals surface area contributed by atoms with Gasteiger partial charge in [0.2, 0.25) is 0 Å². The van der Waals surface area contributed by atoms with Crippen LogP contribution in [0.15, 0.2) is 121 Å². The zero-order valence-corrected chi connectivity index (χ0v) is 29.1. The Morgan fingerprint density at radius 1 is 0.469 bits per heavy atom. The number of aromatic nitrogens is 1. The molecule has 1 aliphatic rings. The molecule has 0 saturated heterocycles. The second kappa shape index (κ2) is 11.0. The minimum absolute atomic E-state index is 0.902. The lowest BCUT2D eigenvalue weighted by Crippen LogP contribution is -2.12. The zero-order chi connectivity index (χ0) is 33.6. The van der Waals surface area contributed by atoms with Crippen molar-refractivity contribution in [3.63, 3.8) is 0 Å². The lowest BCUT2D eigenvalue weighted by Gasteiger charge is -2.29. The van der Waals surface area contributed by atoms with Crippen molar-refractivity contribution in [3.8, 4) is 16.8 Å². The van der Waals surface area contributed by atoms with Gasteiger partial charge in [0.25, 0.3) is 0 Å². The van der Waals surface area contributed by atoms with Crippen LogP contribution in [-0.2, 0) is 6.42 Å². The Morgan fingerprint density at radius 2 is 1.06 bits per heavy atom. The van der Waals surface area contributed by atoms with Crippen molar-refractivity contribution in [2.24, 2.45) is 0 Å². The quantitative estimate of drug-likeness (QED) is 0.187. The molecule has 238 valence electrons. The van der Waals surface area contributed by atoms with Crippen LogP contribution in [0.25, 0.3) is 49.4 Å². The third-order valence-electron chi connectivity index (χ3n) is 10.9. The first-order chi connectivity index (χ1) is 23.7. The van der Waals surface area contributed by atoms with Crippen LogP contribution in [0, 0.1) is 41.5 Å². The minimum atomic E-state index is 0.902. The van der Waals surface area contributed by atoms with E-state index in [0.717, 1.165) is 6.42 Å². The molecular weight excluding hydrogens is 593 g/mol. The molecule has 0 fully saturated rings. The van der Waals surface area contributed by atoms with Crippen molar-refractivity contribution < 1.29 is 0 Å². The Hall–Kier alpha value is -5.60. The fraction of sp³-hybridized carbons (Fsp3) is 0.149. The number of nitrogens with zero attached hydrogens (tertiary/aromatic N) is 2. The van der Waals surface area contributed by atoms with Crippen LogP contribution in [0.3, 0.4) is 0 Å². The average Bonchev–Trinajstić information content (AvgIpc) is 3.62. The summed E-state index contributed by atoms with van der Waals surface area (Å²) in [6.45, 7) is 13.2. The molecule has 9 rings (SSSR count). The van der Waals surface area contributed by atoms with E-state index in [2.05, 4.69) is 172 Å². The maximum absolute atomic E-state index is 2.47. The molecule has 8 aromatic rings. The van der Waals surface area contributed by atoms with E-state index in [-0.39, 0.29) is 0 Å². The third kappa shape index (κ3) is 4.62. The van der Waals surface area contributed by atoms with E-state index < -0.39 is 0 Å². The second-order valence-electron chi connectivity index (χ2n) is 14.2. The van der Waals surface area contributed by atoms with Gasteiger partial charge in [-0.15, -0.1) is 0 Å². The molecule has 0 aliphatic heterocycles. The Bertz CT molecular complexity index is 2540. The average molecular weight is 633 g/mol. The van der Waals surface area contributed by atoms with Crippen LogP contribution in [0.4, 0.5) is 17.1 Å². The molecule has 0 saturated carbocycles. The molecule has 1 aliphatic carbocycles. The summed E-state index contributed by atoms with van der Waals surface area (Å²) in [5, 5.41) is 5.21. The highest BCUT2D eigenvalue weighted by Crippen LogP contribution is 2.49. The van der Waals surface area contributed by atoms with E-state index in [1.807, 2.05) is 0 Å². The van der Waals surface area contributed by atoms with Crippen molar-refractivity contribution in [3.05, 3.63) is 166 Å². The van der Waals surface area contributed by atoms with Crippen LogP contribution in [0.1, 0.15) is 44.5 Å². The lowest BCUT2D eigenvalue weighted by molar-refractivity contribution is 1.16. The molecule has 0 radical (unpaired) electrons. The molecular formula is C47H40N2. The molecule has 0 atom stereocenters. The number of benzene rings is 7. The number of rotatable bonds is 4. The van der Waals surface area contributed by atoms with E-state index in [0.29, 0.717) is 0 Å². The first kappa shape index (κ1) is 29.5. The van der Waals surface area contributed by atoms with E-state index >= 15 is 0 Å². The third-order valence-corrected chi connectivity index (χ3v) is 10.9. The maximum atomic E-state index is 2.47. The van der Waals surface area contributed by atoms with Gasteiger partial charge in [0.05, 0.1) is 16.7 Å². The van der Waals surface area contributed by atoms with Crippen molar-refractivity contribution in [1.82, 2.24) is 4.57 Å². The van der Waals surface area contributed by atoms with Crippen LogP contribution >= 0.6 is 0 Å². The Kier molecular flexibility index (Phi) is 6.61. The summed E-state index contributed by atoms with van der Waals surface area (Å²) in [5.41, 5.74) is 20.6. The molecule has 2 nitrogen and oxygen atoms in total. The highest BCUT2D eigenvalue weighted by Gasteiger charge is 2.26. The lowest BCUT2D eigenvalue weighted by atomic mass is 9.95. The molecule has 49 heavy (non-hydrogen) atoms. The van der Waals surface area contributed by atoms with Gasteiger partial charge in [-0.05, 0) is 165 Å². The molecule has 0 amide bonds. The SMILES string of the molecule is Cc1ccc2c(c1)c1cc(C)ccc1n2-c1ccc2c(c1)Cc1cc(N(c3ccc(C)c(C)c3)c3ccc(C)c(C)c3)c3ccccc3c1-2. The van der Waals surface area contributed by atoms with Gasteiger partial charge >= 0.3 is 0 Å². The molecule has 2 heteroatoms. The topological polar surface area (TPSA) is 8.17 Å². The van der Waals surface area contributed by atoms with Gasteiger partial charge in [0.1, 0.15) is 0 Å². The summed E-state index contributed by atoms with van der Waals surface area (Å²) in [5.74, 6) is 0. The van der Waals surface area contributed by atoms with Crippen molar-refractivity contribution in [1.29, 1.82) is 0 Å². The predicted octanol–water partition coefficient (Wildman–Crippen LogP) is 12.8. The van der Waals surface area contributed by atoms with Crippen LogP contribution in [0.5, 0.6) is 0 Å². The maximum Gasteiger partial charge on any atom is 0.0543 e. The van der Waals surface area contributed by atoms with E-state index in [4.69, 9.17) is 0 Å². The number of hydrogen-bond donors (Lipinski definition) is 0. The highest BCUT2D eigenvalue weighted by atomic mass is 15.1. The largest absolute Gasteiger partial charge is 0.310 e. The number of hydrogen-bond acceptors (Lipinski definition) is 1. The van der Waals surface area contributed by atoms with Crippen LogP contribution < -0.4 is 4.90 Å². The highest BCUT2D eigenvalue weighted by molar-refractivity contribution is 6.11. The van der Waals surface area contributed by atoms with Gasteiger partial charge < -0.3 is 9.47 Å². The second-order valence-corrected chi connectivity index (χ2v) is 14.2. The molecule has 1 aromatic heterocycles. The van der Waals surface area contributed by atoms with Gasteiger partial charge in [0.15, 0.2) is 0 Å². The van der Waals surface area contributed by atoms with Gasteiger partial charge in [-0.3, -0.25) is 0 Å². The van der Waals surface area contributed by atoms with Crippen molar-refractivity contribution in [2.75, 3.05) is 4.90 Å². The van der Waals surface area contributed by atoms with Crippen LogP contribution in [0.2, 0.25) is 0 Å². The first-order valence-electron chi connectivity index (χ1n) is 17.4. The molecule has 1 heterocycles. The summed E-state index contributed by atoms with van der Waals surface area (Å²) in [6.07, 6.45) is 0.902. The zero-order valence-electron chi connectivity index (χ0n) is 29.1. The van der Waals surface area contributed by atoms with Gasteiger partial charge in [-0.25, -0.2) is 0 Å². The van der Waals surface area contributed by atoms with Crippen molar-refractivity contribution in [2.45, 2.75) is 48.0 Å². The van der Waals surface area contributed by atoms with E-state index in [1.165, 1.54) is 111 Å². The predicted molar refractivity (Wildman–Crippen MR) is 210 cm³/mol. The number of aryl methyl sites for hydroxylation is 6. The smallest absolute Gasteiger partial charge is 0.0543 e. The molecule has 0 N–H and O–H groups in total. The monoisotopic (exact) mass is 632 g/mol. The molecule has 0 bridgehead atoms. The van der Waals surface area contributed by atoms with Crippen LogP contribution in [-0.4, -0.2) is 4.57 Å². The van der Waals surface area contributed by atoms with Gasteiger partial charge in [-0.1, -0.05) is 65.7 Å². The van der Waals surface area contributed by atoms with E-state index in [9.17, 15) is 0 Å². The minimum Gasteiger partial charge on any atom is -0.310 e. The summed E-state index contributed by atoms with van der Waals surface area (Å²) in [6, 6.07) is 46.0. The standard InChI is InChI=1S/C47H40N2/c1-28-11-19-44-42(21-28)43-22-29(2)12-20-45(43)49(44)38-17-18-39-34(26-38)25-35-27-46(40-9-7-8-10-41(40)47(35)39)48(36-15-13-30(3)32(5)23-36)37-16-14-31(4)33(6)24-37/h7-24,26-27H,25H2,1-6H3.